The van der Waals surface area contributed by atoms with Crippen molar-refractivity contribution in [2.24, 2.45) is 5.73 Å². The molecule has 0 atom stereocenters. The van der Waals surface area contributed by atoms with Crippen LogP contribution in [0.4, 0.5) is 0 Å². The van der Waals surface area contributed by atoms with Crippen LogP contribution in [-0.2, 0) is 6.42 Å². The van der Waals surface area contributed by atoms with E-state index in [2.05, 4.69) is 20.9 Å². The molecule has 0 unspecified atom stereocenters. The van der Waals surface area contributed by atoms with Crippen LogP contribution in [0, 0.1) is 0 Å². The predicted octanol–water partition coefficient (Wildman–Crippen LogP) is 0.639. The summed E-state index contributed by atoms with van der Waals surface area (Å²) in [6.45, 7) is 0.565. The Morgan fingerprint density at radius 2 is 2.27 bits per heavy atom. The Balaban J connectivity index is 2.99. The van der Waals surface area contributed by atoms with E-state index in [9.17, 15) is 4.79 Å². The zero-order valence-electron chi connectivity index (χ0n) is 5.93. The Kier molecular flexibility index (Phi) is 2.84. The van der Waals surface area contributed by atoms with E-state index in [0.717, 1.165) is 12.0 Å². The molecule has 1 aromatic heterocycles. The first-order chi connectivity index (χ1) is 5.22. The van der Waals surface area contributed by atoms with Gasteiger partial charge in [0, 0.05) is 6.07 Å². The summed E-state index contributed by atoms with van der Waals surface area (Å²) in [7, 11) is 0. The molecule has 60 valence electrons. The van der Waals surface area contributed by atoms with E-state index < -0.39 is 0 Å². The maximum Gasteiger partial charge on any atom is 0.249 e. The average molecular weight is 217 g/mol. The molecule has 0 amide bonds. The molecule has 0 fully saturated rings. The molecule has 4 heteroatoms. The number of halogens is 1. The van der Waals surface area contributed by atoms with Gasteiger partial charge in [0.25, 0.3) is 0 Å². The number of nitrogens with two attached hydrogens (primary N) is 1. The molecule has 0 saturated heterocycles. The van der Waals surface area contributed by atoms with Crippen LogP contribution < -0.4 is 11.3 Å². The van der Waals surface area contributed by atoms with Crippen LogP contribution in [-0.4, -0.2) is 11.5 Å². The van der Waals surface area contributed by atoms with E-state index in [1.807, 2.05) is 6.07 Å². The zero-order chi connectivity index (χ0) is 8.27. The number of pyridine rings is 1. The van der Waals surface area contributed by atoms with Gasteiger partial charge in [-0.05, 0) is 40.5 Å². The van der Waals surface area contributed by atoms with Crippen LogP contribution in [0.15, 0.2) is 21.5 Å². The molecule has 1 rings (SSSR count). The Hall–Kier alpha value is -0.610. The molecular formula is C7H9BrN2O. The van der Waals surface area contributed by atoms with Crippen molar-refractivity contribution in [3.63, 3.8) is 0 Å². The third-order valence-corrected chi connectivity index (χ3v) is 1.73. The number of aromatic amines is 1. The van der Waals surface area contributed by atoms with Gasteiger partial charge in [-0.2, -0.15) is 0 Å². The number of hydrogen-bond acceptors (Lipinski definition) is 2. The second-order valence-electron chi connectivity index (χ2n) is 2.24. The van der Waals surface area contributed by atoms with Crippen LogP contribution in [0.3, 0.4) is 0 Å². The van der Waals surface area contributed by atoms with Gasteiger partial charge < -0.3 is 10.7 Å². The minimum Gasteiger partial charge on any atom is -0.330 e. The summed E-state index contributed by atoms with van der Waals surface area (Å²) >= 11 is 3.19. The topological polar surface area (TPSA) is 58.9 Å². The van der Waals surface area contributed by atoms with Crippen molar-refractivity contribution in [1.82, 2.24) is 4.98 Å². The first-order valence-corrected chi connectivity index (χ1v) is 4.10. The van der Waals surface area contributed by atoms with Gasteiger partial charge in [-0.1, -0.05) is 0 Å². The lowest BCUT2D eigenvalue weighted by Crippen LogP contribution is -2.09. The fourth-order valence-corrected chi connectivity index (χ4v) is 1.36. The largest absolute Gasteiger partial charge is 0.330 e. The fourth-order valence-electron chi connectivity index (χ4n) is 0.874. The van der Waals surface area contributed by atoms with Crippen molar-refractivity contribution in [2.75, 3.05) is 6.54 Å². The number of hydrogen-bond donors (Lipinski definition) is 2. The lowest BCUT2D eigenvalue weighted by molar-refractivity contribution is 0.956. The van der Waals surface area contributed by atoms with Gasteiger partial charge in [0.15, 0.2) is 0 Å². The second kappa shape index (κ2) is 3.69. The van der Waals surface area contributed by atoms with E-state index in [1.54, 1.807) is 6.07 Å². The van der Waals surface area contributed by atoms with Crippen LogP contribution in [0.25, 0.3) is 0 Å². The van der Waals surface area contributed by atoms with Gasteiger partial charge in [-0.3, -0.25) is 4.79 Å². The fraction of sp³-hybridized carbons (Fsp3) is 0.286. The van der Waals surface area contributed by atoms with Gasteiger partial charge in [0.2, 0.25) is 5.56 Å². The molecule has 11 heavy (non-hydrogen) atoms. The van der Waals surface area contributed by atoms with Gasteiger partial charge >= 0.3 is 0 Å². The molecule has 0 aliphatic rings. The quantitative estimate of drug-likeness (QED) is 0.714. The number of H-pyrrole nitrogens is 1. The lowest BCUT2D eigenvalue weighted by atomic mass is 10.2. The summed E-state index contributed by atoms with van der Waals surface area (Å²) in [6.07, 6.45) is 0.739. The minimum atomic E-state index is -0.0946. The molecule has 0 saturated carbocycles. The summed E-state index contributed by atoms with van der Waals surface area (Å²) in [5, 5.41) is 0. The molecular weight excluding hydrogens is 208 g/mol. The molecule has 0 radical (unpaired) electrons. The lowest BCUT2D eigenvalue weighted by Gasteiger charge is -1.97. The Bertz CT molecular complexity index is 295. The standard InChI is InChI=1S/C7H9BrN2O/c8-6-3-5(1-2-9)4-7(11)10-6/h3-4H,1-2,9H2,(H,10,11). The summed E-state index contributed by atoms with van der Waals surface area (Å²) in [5.41, 5.74) is 6.20. The highest BCUT2D eigenvalue weighted by molar-refractivity contribution is 9.10. The van der Waals surface area contributed by atoms with Crippen molar-refractivity contribution < 1.29 is 0 Å². The van der Waals surface area contributed by atoms with Crippen molar-refractivity contribution in [2.45, 2.75) is 6.42 Å². The summed E-state index contributed by atoms with van der Waals surface area (Å²) in [6, 6.07) is 3.41. The van der Waals surface area contributed by atoms with Crippen molar-refractivity contribution in [1.29, 1.82) is 0 Å². The highest BCUT2D eigenvalue weighted by atomic mass is 79.9. The van der Waals surface area contributed by atoms with Gasteiger partial charge in [-0.25, -0.2) is 0 Å². The van der Waals surface area contributed by atoms with Gasteiger partial charge in [0.05, 0.1) is 4.60 Å². The van der Waals surface area contributed by atoms with E-state index in [4.69, 9.17) is 5.73 Å². The molecule has 0 bridgehead atoms. The van der Waals surface area contributed by atoms with Crippen molar-refractivity contribution in [3.8, 4) is 0 Å². The molecule has 0 aromatic carbocycles. The van der Waals surface area contributed by atoms with Gasteiger partial charge in [-0.15, -0.1) is 0 Å². The number of rotatable bonds is 2. The molecule has 0 spiro atoms. The van der Waals surface area contributed by atoms with E-state index >= 15 is 0 Å². The summed E-state index contributed by atoms with van der Waals surface area (Å²) < 4.78 is 0.702. The Morgan fingerprint density at radius 1 is 1.55 bits per heavy atom. The first-order valence-electron chi connectivity index (χ1n) is 3.31. The van der Waals surface area contributed by atoms with E-state index in [-0.39, 0.29) is 5.56 Å². The van der Waals surface area contributed by atoms with Crippen molar-refractivity contribution >= 4 is 15.9 Å². The van der Waals surface area contributed by atoms with Crippen molar-refractivity contribution in [3.05, 3.63) is 32.7 Å². The SMILES string of the molecule is NCCc1cc(Br)[nH]c(=O)c1. The predicted molar refractivity (Wildman–Crippen MR) is 47.5 cm³/mol. The smallest absolute Gasteiger partial charge is 0.249 e. The highest BCUT2D eigenvalue weighted by Gasteiger charge is 1.94. The summed E-state index contributed by atoms with van der Waals surface area (Å²) in [5.74, 6) is 0. The molecule has 3 nitrogen and oxygen atoms in total. The molecule has 1 heterocycles. The van der Waals surface area contributed by atoms with Crippen LogP contribution in [0.1, 0.15) is 5.56 Å². The summed E-state index contributed by atoms with van der Waals surface area (Å²) in [4.78, 5) is 13.4. The highest BCUT2D eigenvalue weighted by Crippen LogP contribution is 2.05. The number of nitrogens with one attached hydrogen (secondary N) is 1. The van der Waals surface area contributed by atoms with Crippen LogP contribution in [0.2, 0.25) is 0 Å². The third kappa shape index (κ3) is 2.48. The Labute approximate surface area is 72.7 Å². The normalized spacial score (nSPS) is 10.0. The van der Waals surface area contributed by atoms with Gasteiger partial charge in [0.1, 0.15) is 0 Å². The number of aromatic nitrogens is 1. The second-order valence-corrected chi connectivity index (χ2v) is 3.09. The average Bonchev–Trinajstić information content (AvgIpc) is 1.85. The zero-order valence-corrected chi connectivity index (χ0v) is 7.52. The van der Waals surface area contributed by atoms with E-state index in [0.29, 0.717) is 11.1 Å². The molecule has 1 aromatic rings. The monoisotopic (exact) mass is 216 g/mol. The maximum atomic E-state index is 10.9. The molecule has 3 N–H and O–H groups in total. The minimum absolute atomic E-state index is 0.0946. The Morgan fingerprint density at radius 3 is 2.82 bits per heavy atom. The van der Waals surface area contributed by atoms with Crippen LogP contribution >= 0.6 is 15.9 Å². The van der Waals surface area contributed by atoms with E-state index in [1.165, 1.54) is 0 Å². The third-order valence-electron chi connectivity index (χ3n) is 1.30. The van der Waals surface area contributed by atoms with Crippen LogP contribution in [0.5, 0.6) is 0 Å². The molecule has 0 aliphatic carbocycles. The maximum absolute atomic E-state index is 10.9. The first kappa shape index (κ1) is 8.49. The molecule has 0 aliphatic heterocycles.